The Labute approximate surface area is 129 Å². The number of carbonyl (C=O) groups excluding carboxylic acids is 1. The number of rotatable bonds is 9. The van der Waals surface area contributed by atoms with Gasteiger partial charge in [-0.15, -0.1) is 0 Å². The number of hydrogen-bond donors (Lipinski definition) is 1. The minimum atomic E-state index is -0.350. The molecule has 1 fully saturated rings. The van der Waals surface area contributed by atoms with Crippen molar-refractivity contribution in [3.05, 3.63) is 24.3 Å². The molecule has 1 aromatic rings. The van der Waals surface area contributed by atoms with Crippen LogP contribution in [0.1, 0.15) is 0 Å². The highest BCUT2D eigenvalue weighted by Crippen LogP contribution is 2.23. The van der Waals surface area contributed by atoms with Crippen molar-refractivity contribution in [2.75, 3.05) is 50.4 Å². The number of aliphatic imine (C=N–C) groups is 1. The summed E-state index contributed by atoms with van der Waals surface area (Å²) in [5, 5.41) is 3.13. The van der Waals surface area contributed by atoms with E-state index in [0.717, 1.165) is 11.4 Å². The van der Waals surface area contributed by atoms with Gasteiger partial charge in [-0.05, 0) is 31.0 Å². The first-order valence-corrected chi connectivity index (χ1v) is 7.06. The molecule has 0 bridgehead atoms. The highest BCUT2D eigenvalue weighted by molar-refractivity contribution is 5.90. The molecule has 1 amide bonds. The van der Waals surface area contributed by atoms with E-state index in [1.54, 1.807) is 12.0 Å². The topological polar surface area (TPSA) is 72.4 Å². The van der Waals surface area contributed by atoms with Crippen LogP contribution in [0.4, 0.5) is 16.2 Å². The summed E-state index contributed by atoms with van der Waals surface area (Å²) in [4.78, 5) is 17.2. The SMILES string of the molecule is C=NC[C@@H]1CN(c2ccc(NCOCCOC)cc2)C(=O)O1. The smallest absolute Gasteiger partial charge is 0.414 e. The summed E-state index contributed by atoms with van der Waals surface area (Å²) in [6.45, 7) is 5.84. The molecule has 1 atom stereocenters. The van der Waals surface area contributed by atoms with E-state index in [9.17, 15) is 4.79 Å². The predicted octanol–water partition coefficient (Wildman–Crippen LogP) is 1.74. The van der Waals surface area contributed by atoms with Crippen molar-refractivity contribution in [3.63, 3.8) is 0 Å². The van der Waals surface area contributed by atoms with Crippen LogP contribution in [0.3, 0.4) is 0 Å². The van der Waals surface area contributed by atoms with Crippen LogP contribution in [-0.4, -0.2) is 59.1 Å². The van der Waals surface area contributed by atoms with Gasteiger partial charge < -0.3 is 19.5 Å². The third-order valence-corrected chi connectivity index (χ3v) is 3.20. The first-order chi connectivity index (χ1) is 10.7. The summed E-state index contributed by atoms with van der Waals surface area (Å²) in [6.07, 6.45) is -0.575. The molecule has 22 heavy (non-hydrogen) atoms. The number of ether oxygens (including phenoxy) is 3. The first kappa shape index (κ1) is 16.3. The fraction of sp³-hybridized carbons (Fsp3) is 0.467. The van der Waals surface area contributed by atoms with Crippen molar-refractivity contribution in [1.29, 1.82) is 0 Å². The van der Waals surface area contributed by atoms with Crippen LogP contribution in [0.15, 0.2) is 29.3 Å². The molecule has 0 aliphatic carbocycles. The molecule has 0 unspecified atom stereocenters. The van der Waals surface area contributed by atoms with Gasteiger partial charge in [-0.3, -0.25) is 9.89 Å². The average molecular weight is 307 g/mol. The number of cyclic esters (lactones) is 1. The largest absolute Gasteiger partial charge is 0.442 e. The zero-order chi connectivity index (χ0) is 15.8. The maximum Gasteiger partial charge on any atom is 0.414 e. The Morgan fingerprint density at radius 2 is 2.18 bits per heavy atom. The highest BCUT2D eigenvalue weighted by atomic mass is 16.6. The van der Waals surface area contributed by atoms with Crippen molar-refractivity contribution in [2.24, 2.45) is 4.99 Å². The van der Waals surface area contributed by atoms with Gasteiger partial charge in [-0.1, -0.05) is 0 Å². The molecular weight excluding hydrogens is 286 g/mol. The molecule has 1 aliphatic rings. The van der Waals surface area contributed by atoms with Gasteiger partial charge in [0.05, 0.1) is 26.3 Å². The molecule has 1 aromatic carbocycles. The molecule has 1 aliphatic heterocycles. The van der Waals surface area contributed by atoms with E-state index in [2.05, 4.69) is 17.0 Å². The molecular formula is C15H21N3O4. The molecule has 120 valence electrons. The lowest BCUT2D eigenvalue weighted by molar-refractivity contribution is 0.0802. The second-order valence-corrected chi connectivity index (χ2v) is 4.79. The van der Waals surface area contributed by atoms with Crippen LogP contribution in [0.25, 0.3) is 0 Å². The van der Waals surface area contributed by atoms with Crippen molar-refractivity contribution in [3.8, 4) is 0 Å². The van der Waals surface area contributed by atoms with Gasteiger partial charge in [-0.25, -0.2) is 4.79 Å². The minimum absolute atomic E-state index is 0.225. The Hall–Kier alpha value is -2.12. The third-order valence-electron chi connectivity index (χ3n) is 3.20. The Morgan fingerprint density at radius 3 is 2.86 bits per heavy atom. The summed E-state index contributed by atoms with van der Waals surface area (Å²) in [7, 11) is 1.63. The van der Waals surface area contributed by atoms with E-state index in [1.807, 2.05) is 24.3 Å². The minimum Gasteiger partial charge on any atom is -0.442 e. The molecule has 0 radical (unpaired) electrons. The lowest BCUT2D eigenvalue weighted by Crippen LogP contribution is -2.25. The maximum absolute atomic E-state index is 11.8. The summed E-state index contributed by atoms with van der Waals surface area (Å²) in [6, 6.07) is 7.51. The maximum atomic E-state index is 11.8. The Balaban J connectivity index is 1.84. The van der Waals surface area contributed by atoms with Gasteiger partial charge in [-0.2, -0.15) is 0 Å². The highest BCUT2D eigenvalue weighted by Gasteiger charge is 2.31. The number of methoxy groups -OCH3 is 1. The van der Waals surface area contributed by atoms with E-state index in [4.69, 9.17) is 14.2 Å². The molecule has 1 heterocycles. The Bertz CT molecular complexity index is 492. The second kappa shape index (κ2) is 8.35. The average Bonchev–Trinajstić information content (AvgIpc) is 2.89. The fourth-order valence-corrected chi connectivity index (χ4v) is 2.08. The summed E-state index contributed by atoms with van der Waals surface area (Å²) >= 11 is 0. The van der Waals surface area contributed by atoms with Gasteiger partial charge in [0.15, 0.2) is 0 Å². The number of nitrogens with zero attached hydrogens (tertiary/aromatic N) is 2. The molecule has 1 N–H and O–H groups in total. The van der Waals surface area contributed by atoms with Crippen molar-refractivity contribution >= 4 is 24.2 Å². The fourth-order valence-electron chi connectivity index (χ4n) is 2.08. The van der Waals surface area contributed by atoms with E-state index < -0.39 is 0 Å². The predicted molar refractivity (Wildman–Crippen MR) is 84.8 cm³/mol. The van der Waals surface area contributed by atoms with Crippen LogP contribution in [0.5, 0.6) is 0 Å². The number of nitrogens with one attached hydrogen (secondary N) is 1. The molecule has 1 saturated heterocycles. The van der Waals surface area contributed by atoms with Crippen LogP contribution >= 0.6 is 0 Å². The third kappa shape index (κ3) is 4.44. The van der Waals surface area contributed by atoms with Crippen molar-refractivity contribution in [1.82, 2.24) is 0 Å². The number of carbonyl (C=O) groups is 1. The Morgan fingerprint density at radius 1 is 1.41 bits per heavy atom. The van der Waals surface area contributed by atoms with Crippen LogP contribution in [-0.2, 0) is 14.2 Å². The molecule has 0 spiro atoms. The normalized spacial score (nSPS) is 17.4. The van der Waals surface area contributed by atoms with Gasteiger partial charge in [0.1, 0.15) is 12.8 Å². The van der Waals surface area contributed by atoms with Gasteiger partial charge in [0.25, 0.3) is 0 Å². The first-order valence-electron chi connectivity index (χ1n) is 7.06. The Kier molecular flexibility index (Phi) is 6.17. The van der Waals surface area contributed by atoms with Crippen LogP contribution in [0, 0.1) is 0 Å². The lowest BCUT2D eigenvalue weighted by Gasteiger charge is -2.14. The van der Waals surface area contributed by atoms with Gasteiger partial charge >= 0.3 is 6.09 Å². The van der Waals surface area contributed by atoms with E-state index in [-0.39, 0.29) is 12.2 Å². The lowest BCUT2D eigenvalue weighted by atomic mass is 10.2. The van der Waals surface area contributed by atoms with E-state index >= 15 is 0 Å². The molecule has 0 aromatic heterocycles. The van der Waals surface area contributed by atoms with Crippen molar-refractivity contribution in [2.45, 2.75) is 6.10 Å². The summed E-state index contributed by atoms with van der Waals surface area (Å²) in [5.74, 6) is 0. The standard InChI is InChI=1S/C15H21N3O4/c1-16-9-14-10-18(15(19)22-14)13-5-3-12(4-6-13)17-11-21-8-7-20-2/h3-6,14,17H,1,7-11H2,2H3/t14-/m1/s1. The van der Waals surface area contributed by atoms with Crippen molar-refractivity contribution < 1.29 is 19.0 Å². The molecule has 7 heteroatoms. The molecule has 0 saturated carbocycles. The number of anilines is 2. The van der Waals surface area contributed by atoms with Gasteiger partial charge in [0, 0.05) is 18.5 Å². The second-order valence-electron chi connectivity index (χ2n) is 4.79. The zero-order valence-electron chi connectivity index (χ0n) is 12.7. The van der Waals surface area contributed by atoms with Crippen LogP contribution < -0.4 is 10.2 Å². The number of amides is 1. The van der Waals surface area contributed by atoms with Crippen LogP contribution in [0.2, 0.25) is 0 Å². The van der Waals surface area contributed by atoms with E-state index in [0.29, 0.717) is 33.0 Å². The van der Waals surface area contributed by atoms with E-state index in [1.165, 1.54) is 0 Å². The summed E-state index contributed by atoms with van der Waals surface area (Å²) < 4.78 is 15.4. The van der Waals surface area contributed by atoms with Gasteiger partial charge in [0.2, 0.25) is 0 Å². The zero-order valence-corrected chi connectivity index (χ0v) is 12.7. The quantitative estimate of drug-likeness (QED) is 0.427. The molecule has 2 rings (SSSR count). The molecule has 7 nitrogen and oxygen atoms in total. The number of hydrogen-bond acceptors (Lipinski definition) is 6. The summed E-state index contributed by atoms with van der Waals surface area (Å²) in [5.41, 5.74) is 1.71. The monoisotopic (exact) mass is 307 g/mol. The number of benzene rings is 1.